The minimum atomic E-state index is 0.838. The van der Waals surface area contributed by atoms with Gasteiger partial charge in [-0.25, -0.2) is 0 Å². The van der Waals surface area contributed by atoms with Gasteiger partial charge in [0.25, 0.3) is 0 Å². The molecule has 0 aromatic heterocycles. The molecule has 150 valence electrons. The molecule has 0 radical (unpaired) electrons. The molecule has 4 nitrogen and oxygen atoms in total. The Bertz CT molecular complexity index is 646. The molecule has 0 spiro atoms. The van der Waals surface area contributed by atoms with Crippen LogP contribution in [0.15, 0.2) is 60.7 Å². The highest BCUT2D eigenvalue weighted by Crippen LogP contribution is 2.06. The molecule has 1 aliphatic heterocycles. The summed E-state index contributed by atoms with van der Waals surface area (Å²) in [5, 5.41) is 4.34. The Balaban J connectivity index is 1.50. The Kier molecular flexibility index (Phi) is 8.75. The number of ether oxygens (including phenoxy) is 1. The maximum Gasteiger partial charge on any atom is 0.168 e. The monoisotopic (exact) mass is 397 g/mol. The van der Waals surface area contributed by atoms with Crippen molar-refractivity contribution in [2.45, 2.75) is 12.8 Å². The van der Waals surface area contributed by atoms with Crippen molar-refractivity contribution in [1.29, 1.82) is 0 Å². The molecule has 0 unspecified atom stereocenters. The molecule has 2 aromatic rings. The van der Waals surface area contributed by atoms with E-state index >= 15 is 0 Å². The van der Waals surface area contributed by atoms with Crippen LogP contribution in [0.5, 0.6) is 0 Å². The van der Waals surface area contributed by atoms with Crippen LogP contribution >= 0.6 is 12.2 Å². The molecule has 0 aliphatic carbocycles. The third-order valence-electron chi connectivity index (χ3n) is 5.12. The van der Waals surface area contributed by atoms with Crippen LogP contribution in [-0.2, 0) is 17.6 Å². The molecular formula is C23H31N3OS. The van der Waals surface area contributed by atoms with Crippen molar-refractivity contribution in [2.75, 3.05) is 52.5 Å². The summed E-state index contributed by atoms with van der Waals surface area (Å²) < 4.78 is 5.42. The molecule has 0 amide bonds. The van der Waals surface area contributed by atoms with Crippen LogP contribution in [0.1, 0.15) is 11.1 Å². The second kappa shape index (κ2) is 11.8. The van der Waals surface area contributed by atoms with E-state index in [-0.39, 0.29) is 0 Å². The molecular weight excluding hydrogens is 366 g/mol. The number of nitrogens with zero attached hydrogens (tertiary/aromatic N) is 2. The lowest BCUT2D eigenvalue weighted by Gasteiger charge is -2.29. The lowest BCUT2D eigenvalue weighted by molar-refractivity contribution is 0.0389. The van der Waals surface area contributed by atoms with Gasteiger partial charge in [-0.05, 0) is 36.2 Å². The van der Waals surface area contributed by atoms with Crippen molar-refractivity contribution in [2.24, 2.45) is 0 Å². The largest absolute Gasteiger partial charge is 0.379 e. The van der Waals surface area contributed by atoms with Gasteiger partial charge in [-0.3, -0.25) is 4.90 Å². The molecule has 1 N–H and O–H groups in total. The highest BCUT2D eigenvalue weighted by Gasteiger charge is 2.12. The minimum Gasteiger partial charge on any atom is -0.379 e. The maximum absolute atomic E-state index is 5.74. The quantitative estimate of drug-likeness (QED) is 0.657. The van der Waals surface area contributed by atoms with Crippen LogP contribution in [0.3, 0.4) is 0 Å². The van der Waals surface area contributed by atoms with Crippen molar-refractivity contribution in [3.8, 4) is 0 Å². The first-order chi connectivity index (χ1) is 13.8. The molecule has 1 saturated heterocycles. The molecule has 1 fully saturated rings. The van der Waals surface area contributed by atoms with E-state index in [1.807, 2.05) is 0 Å². The normalized spacial score (nSPS) is 14.6. The van der Waals surface area contributed by atoms with Crippen LogP contribution in [0.25, 0.3) is 0 Å². The number of morpholine rings is 1. The molecule has 1 aliphatic rings. The van der Waals surface area contributed by atoms with E-state index < -0.39 is 0 Å². The summed E-state index contributed by atoms with van der Waals surface area (Å²) in [5.74, 6) is 0. The summed E-state index contributed by atoms with van der Waals surface area (Å²) in [6, 6.07) is 21.3. The number of nitrogens with one attached hydrogen (secondary N) is 1. The van der Waals surface area contributed by atoms with Gasteiger partial charge in [0.05, 0.1) is 13.2 Å². The second-order valence-corrected chi connectivity index (χ2v) is 7.53. The van der Waals surface area contributed by atoms with Gasteiger partial charge in [0.2, 0.25) is 0 Å². The molecule has 0 saturated carbocycles. The lowest BCUT2D eigenvalue weighted by atomic mass is 10.1. The van der Waals surface area contributed by atoms with E-state index in [9.17, 15) is 0 Å². The third kappa shape index (κ3) is 7.23. The Morgan fingerprint density at radius 2 is 1.43 bits per heavy atom. The van der Waals surface area contributed by atoms with Gasteiger partial charge in [0.1, 0.15) is 0 Å². The Hall–Kier alpha value is -1.95. The van der Waals surface area contributed by atoms with Crippen molar-refractivity contribution < 1.29 is 4.74 Å². The van der Waals surface area contributed by atoms with Crippen LogP contribution in [0.2, 0.25) is 0 Å². The molecule has 28 heavy (non-hydrogen) atoms. The molecule has 5 heteroatoms. The van der Waals surface area contributed by atoms with Gasteiger partial charge < -0.3 is 15.0 Å². The number of rotatable bonds is 9. The Morgan fingerprint density at radius 3 is 1.96 bits per heavy atom. The predicted molar refractivity (Wildman–Crippen MR) is 120 cm³/mol. The van der Waals surface area contributed by atoms with Gasteiger partial charge in [-0.15, -0.1) is 0 Å². The fourth-order valence-electron chi connectivity index (χ4n) is 3.39. The molecule has 2 aromatic carbocycles. The van der Waals surface area contributed by atoms with Gasteiger partial charge in [-0.1, -0.05) is 60.7 Å². The van der Waals surface area contributed by atoms with E-state index in [1.165, 1.54) is 11.1 Å². The zero-order chi connectivity index (χ0) is 19.4. The van der Waals surface area contributed by atoms with Crippen LogP contribution < -0.4 is 5.32 Å². The molecule has 1 heterocycles. The van der Waals surface area contributed by atoms with E-state index in [4.69, 9.17) is 17.0 Å². The molecule has 0 bridgehead atoms. The van der Waals surface area contributed by atoms with E-state index in [0.717, 1.165) is 70.4 Å². The average molecular weight is 398 g/mol. The SMILES string of the molecule is S=C(NCCN1CCOCC1)N(CCc1ccccc1)CCc1ccccc1. The van der Waals surface area contributed by atoms with Crippen LogP contribution in [0, 0.1) is 0 Å². The number of thiocarbonyl (C=S) groups is 1. The third-order valence-corrected chi connectivity index (χ3v) is 5.52. The topological polar surface area (TPSA) is 27.7 Å². The zero-order valence-electron chi connectivity index (χ0n) is 16.6. The first-order valence-corrected chi connectivity index (χ1v) is 10.6. The van der Waals surface area contributed by atoms with Crippen molar-refractivity contribution in [3.63, 3.8) is 0 Å². The predicted octanol–water partition coefficient (Wildman–Crippen LogP) is 2.98. The fourth-order valence-corrected chi connectivity index (χ4v) is 3.67. The van der Waals surface area contributed by atoms with Crippen LogP contribution in [0.4, 0.5) is 0 Å². The molecule has 0 atom stereocenters. The highest BCUT2D eigenvalue weighted by atomic mass is 32.1. The van der Waals surface area contributed by atoms with Crippen LogP contribution in [-0.4, -0.2) is 67.4 Å². The number of hydrogen-bond donors (Lipinski definition) is 1. The average Bonchev–Trinajstić information content (AvgIpc) is 2.76. The number of hydrogen-bond acceptors (Lipinski definition) is 3. The summed E-state index contributed by atoms with van der Waals surface area (Å²) in [7, 11) is 0. The van der Waals surface area contributed by atoms with E-state index in [1.54, 1.807) is 0 Å². The van der Waals surface area contributed by atoms with Gasteiger partial charge in [0, 0.05) is 39.3 Å². The summed E-state index contributed by atoms with van der Waals surface area (Å²) in [5.41, 5.74) is 2.70. The Morgan fingerprint density at radius 1 is 0.893 bits per heavy atom. The summed E-state index contributed by atoms with van der Waals surface area (Å²) in [6.45, 7) is 7.46. The van der Waals surface area contributed by atoms with Gasteiger partial charge in [0.15, 0.2) is 5.11 Å². The lowest BCUT2D eigenvalue weighted by Crippen LogP contribution is -2.46. The summed E-state index contributed by atoms with van der Waals surface area (Å²) >= 11 is 5.74. The minimum absolute atomic E-state index is 0.838. The first kappa shape index (κ1) is 20.8. The fraction of sp³-hybridized carbons (Fsp3) is 0.435. The van der Waals surface area contributed by atoms with Gasteiger partial charge in [-0.2, -0.15) is 0 Å². The highest BCUT2D eigenvalue weighted by molar-refractivity contribution is 7.80. The maximum atomic E-state index is 5.74. The summed E-state index contributed by atoms with van der Waals surface area (Å²) in [4.78, 5) is 4.74. The van der Waals surface area contributed by atoms with Crippen molar-refractivity contribution >= 4 is 17.3 Å². The van der Waals surface area contributed by atoms with Gasteiger partial charge >= 0.3 is 0 Å². The number of benzene rings is 2. The van der Waals surface area contributed by atoms with E-state index in [2.05, 4.69) is 75.8 Å². The smallest absolute Gasteiger partial charge is 0.168 e. The second-order valence-electron chi connectivity index (χ2n) is 7.14. The standard InChI is InChI=1S/C23H31N3OS/c28-23(24-13-16-25-17-19-27-20-18-25)26(14-11-21-7-3-1-4-8-21)15-12-22-9-5-2-6-10-22/h1-10H,11-20H2,(H,24,28). The first-order valence-electron chi connectivity index (χ1n) is 10.2. The van der Waals surface area contributed by atoms with Crippen molar-refractivity contribution in [3.05, 3.63) is 71.8 Å². The summed E-state index contributed by atoms with van der Waals surface area (Å²) in [6.07, 6.45) is 2.00. The van der Waals surface area contributed by atoms with Crippen molar-refractivity contribution in [1.82, 2.24) is 15.1 Å². The molecule has 3 rings (SSSR count). The van der Waals surface area contributed by atoms with E-state index in [0.29, 0.717) is 0 Å². The zero-order valence-corrected chi connectivity index (χ0v) is 17.4. The Labute approximate surface area is 174 Å².